The highest BCUT2D eigenvalue weighted by molar-refractivity contribution is 5.42. The molecule has 1 fully saturated rings. The van der Waals surface area contributed by atoms with Gasteiger partial charge in [-0.3, -0.25) is 0 Å². The molecule has 0 saturated heterocycles. The first-order chi connectivity index (χ1) is 9.48. The molecule has 0 spiro atoms. The molecule has 4 heteroatoms. The molecule has 2 aromatic heterocycles. The quantitative estimate of drug-likeness (QED) is 0.929. The Labute approximate surface area is 120 Å². The minimum atomic E-state index is 0.314. The summed E-state index contributed by atoms with van der Waals surface area (Å²) in [4.78, 5) is 4.52. The van der Waals surface area contributed by atoms with Crippen molar-refractivity contribution in [3.8, 4) is 0 Å². The van der Waals surface area contributed by atoms with Crippen molar-refractivity contribution >= 4 is 5.65 Å². The average Bonchev–Trinajstić information content (AvgIpc) is 2.76. The molecule has 1 N–H and O–H groups in total. The third-order valence-corrected chi connectivity index (χ3v) is 4.75. The van der Waals surface area contributed by atoms with Crippen LogP contribution in [0, 0.1) is 19.3 Å². The van der Waals surface area contributed by atoms with Gasteiger partial charge in [-0.25, -0.2) is 9.50 Å². The fraction of sp³-hybridized carbons (Fsp3) is 0.625. The molecule has 0 radical (unpaired) electrons. The molecule has 4 nitrogen and oxygen atoms in total. The van der Waals surface area contributed by atoms with Crippen LogP contribution in [0.4, 0.5) is 0 Å². The van der Waals surface area contributed by atoms with E-state index in [2.05, 4.69) is 36.2 Å². The number of fused-ring (bicyclic) bond motifs is 1. The zero-order chi connectivity index (χ0) is 14.3. The summed E-state index contributed by atoms with van der Waals surface area (Å²) in [6.45, 7) is 9.81. The Balaban J connectivity index is 1.80. The van der Waals surface area contributed by atoms with Crippen LogP contribution in [0.15, 0.2) is 12.3 Å². The molecule has 3 rings (SSSR count). The average molecular weight is 272 g/mol. The van der Waals surface area contributed by atoms with Crippen LogP contribution in [0.5, 0.6) is 0 Å². The summed E-state index contributed by atoms with van der Waals surface area (Å²) in [7, 11) is 0. The van der Waals surface area contributed by atoms with E-state index in [1.807, 2.05) is 23.7 Å². The van der Waals surface area contributed by atoms with Gasteiger partial charge in [0.2, 0.25) is 0 Å². The second-order valence-electron chi connectivity index (χ2n) is 6.62. The van der Waals surface area contributed by atoms with E-state index in [0.717, 1.165) is 17.9 Å². The van der Waals surface area contributed by atoms with Crippen LogP contribution in [-0.2, 0) is 0 Å². The first-order valence-corrected chi connectivity index (χ1v) is 7.54. The van der Waals surface area contributed by atoms with Gasteiger partial charge in [0.05, 0.1) is 5.69 Å². The lowest BCUT2D eigenvalue weighted by atomic mass is 9.70. The van der Waals surface area contributed by atoms with Gasteiger partial charge in [-0.2, -0.15) is 5.10 Å². The normalized spacial score (nSPS) is 19.0. The van der Waals surface area contributed by atoms with Crippen molar-refractivity contribution in [2.75, 3.05) is 6.54 Å². The Morgan fingerprint density at radius 3 is 2.80 bits per heavy atom. The molecule has 0 aromatic carbocycles. The lowest BCUT2D eigenvalue weighted by Gasteiger charge is -2.39. The van der Waals surface area contributed by atoms with E-state index in [1.165, 1.54) is 30.5 Å². The Morgan fingerprint density at radius 2 is 2.15 bits per heavy atom. The van der Waals surface area contributed by atoms with Gasteiger partial charge in [-0.05, 0) is 39.0 Å². The zero-order valence-corrected chi connectivity index (χ0v) is 12.9. The number of hydrogen-bond donors (Lipinski definition) is 1. The molecular weight excluding hydrogens is 248 g/mol. The number of nitrogens with zero attached hydrogens (tertiary/aromatic N) is 3. The first kappa shape index (κ1) is 13.6. The van der Waals surface area contributed by atoms with Crippen LogP contribution in [0.3, 0.4) is 0 Å². The van der Waals surface area contributed by atoms with Crippen LogP contribution < -0.4 is 5.32 Å². The van der Waals surface area contributed by atoms with Gasteiger partial charge >= 0.3 is 0 Å². The second-order valence-corrected chi connectivity index (χ2v) is 6.62. The monoisotopic (exact) mass is 272 g/mol. The Hall–Kier alpha value is -1.42. The van der Waals surface area contributed by atoms with Crippen LogP contribution in [-0.4, -0.2) is 21.1 Å². The predicted octanol–water partition coefficient (Wildman–Crippen LogP) is 3.19. The van der Waals surface area contributed by atoms with Crippen molar-refractivity contribution in [2.45, 2.75) is 53.0 Å². The summed E-state index contributed by atoms with van der Waals surface area (Å²) >= 11 is 0. The molecule has 1 atom stereocenters. The third kappa shape index (κ3) is 2.33. The molecule has 1 aliphatic carbocycles. The molecular formula is C16H24N4. The molecule has 0 aliphatic heterocycles. The van der Waals surface area contributed by atoms with Crippen LogP contribution in [0.2, 0.25) is 0 Å². The summed E-state index contributed by atoms with van der Waals surface area (Å²) in [5.74, 6) is 0. The maximum atomic E-state index is 4.52. The summed E-state index contributed by atoms with van der Waals surface area (Å²) in [6.07, 6.45) is 6.07. The second kappa shape index (κ2) is 4.85. The summed E-state index contributed by atoms with van der Waals surface area (Å²) in [5, 5.41) is 8.19. The summed E-state index contributed by atoms with van der Waals surface area (Å²) in [5.41, 5.74) is 4.87. The molecule has 2 heterocycles. The van der Waals surface area contributed by atoms with Crippen molar-refractivity contribution in [3.05, 3.63) is 29.2 Å². The van der Waals surface area contributed by atoms with E-state index in [-0.39, 0.29) is 0 Å². The zero-order valence-electron chi connectivity index (χ0n) is 12.9. The molecule has 1 unspecified atom stereocenters. The lowest BCUT2D eigenvalue weighted by Crippen LogP contribution is -2.38. The van der Waals surface area contributed by atoms with Crippen molar-refractivity contribution in [1.29, 1.82) is 0 Å². The number of rotatable bonds is 4. The van der Waals surface area contributed by atoms with E-state index in [4.69, 9.17) is 0 Å². The van der Waals surface area contributed by atoms with E-state index >= 15 is 0 Å². The van der Waals surface area contributed by atoms with Gasteiger partial charge in [0.25, 0.3) is 0 Å². The Kier molecular flexibility index (Phi) is 3.28. The topological polar surface area (TPSA) is 42.2 Å². The van der Waals surface area contributed by atoms with Gasteiger partial charge in [-0.1, -0.05) is 13.3 Å². The van der Waals surface area contributed by atoms with Gasteiger partial charge < -0.3 is 5.32 Å². The van der Waals surface area contributed by atoms with E-state index in [9.17, 15) is 0 Å². The standard InChI is InChI=1S/C16H24N4/c1-11-8-15-17-9-14(13(3)20(15)19-11)12(2)18-10-16(4)6-5-7-16/h8-9,12,18H,5-7,10H2,1-4H3. The molecule has 108 valence electrons. The Bertz CT molecular complexity index is 625. The minimum absolute atomic E-state index is 0.314. The highest BCUT2D eigenvalue weighted by Crippen LogP contribution is 2.39. The fourth-order valence-corrected chi connectivity index (χ4v) is 3.07. The molecule has 1 saturated carbocycles. The van der Waals surface area contributed by atoms with E-state index < -0.39 is 0 Å². The molecule has 0 amide bonds. The largest absolute Gasteiger partial charge is 0.310 e. The Morgan fingerprint density at radius 1 is 1.40 bits per heavy atom. The first-order valence-electron chi connectivity index (χ1n) is 7.54. The molecule has 2 aromatic rings. The SMILES string of the molecule is Cc1cc2ncc(C(C)NCC3(C)CCC3)c(C)n2n1. The van der Waals surface area contributed by atoms with Crippen LogP contribution in [0.1, 0.15) is 56.1 Å². The van der Waals surface area contributed by atoms with Crippen molar-refractivity contribution < 1.29 is 0 Å². The van der Waals surface area contributed by atoms with Crippen molar-refractivity contribution in [3.63, 3.8) is 0 Å². The van der Waals surface area contributed by atoms with Crippen molar-refractivity contribution in [2.24, 2.45) is 5.41 Å². The van der Waals surface area contributed by atoms with Crippen LogP contribution in [0.25, 0.3) is 5.65 Å². The summed E-state index contributed by atoms with van der Waals surface area (Å²) < 4.78 is 1.95. The fourth-order valence-electron chi connectivity index (χ4n) is 3.07. The maximum Gasteiger partial charge on any atom is 0.155 e. The van der Waals surface area contributed by atoms with E-state index in [0.29, 0.717) is 11.5 Å². The van der Waals surface area contributed by atoms with Gasteiger partial charge in [0.1, 0.15) is 0 Å². The predicted molar refractivity (Wildman–Crippen MR) is 80.8 cm³/mol. The van der Waals surface area contributed by atoms with Crippen molar-refractivity contribution in [1.82, 2.24) is 19.9 Å². The number of aromatic nitrogens is 3. The van der Waals surface area contributed by atoms with Gasteiger partial charge in [-0.15, -0.1) is 0 Å². The highest BCUT2D eigenvalue weighted by atomic mass is 15.3. The highest BCUT2D eigenvalue weighted by Gasteiger charge is 2.31. The third-order valence-electron chi connectivity index (χ3n) is 4.75. The maximum absolute atomic E-state index is 4.52. The van der Waals surface area contributed by atoms with E-state index in [1.54, 1.807) is 0 Å². The smallest absolute Gasteiger partial charge is 0.155 e. The lowest BCUT2D eigenvalue weighted by molar-refractivity contribution is 0.152. The molecule has 1 aliphatic rings. The number of aryl methyl sites for hydroxylation is 2. The molecule has 0 bridgehead atoms. The summed E-state index contributed by atoms with van der Waals surface area (Å²) in [6, 6.07) is 2.33. The van der Waals surface area contributed by atoms with Crippen LogP contribution >= 0.6 is 0 Å². The van der Waals surface area contributed by atoms with Gasteiger partial charge in [0, 0.05) is 36.1 Å². The molecule has 20 heavy (non-hydrogen) atoms. The minimum Gasteiger partial charge on any atom is -0.310 e. The van der Waals surface area contributed by atoms with Gasteiger partial charge in [0.15, 0.2) is 5.65 Å². The number of hydrogen-bond acceptors (Lipinski definition) is 3. The number of nitrogens with one attached hydrogen (secondary N) is 1.